The average molecular weight is 516 g/mol. The van der Waals surface area contributed by atoms with Crippen LogP contribution in [0.1, 0.15) is 19.5 Å². The van der Waals surface area contributed by atoms with Gasteiger partial charge >= 0.3 is 0 Å². The van der Waals surface area contributed by atoms with E-state index in [0.717, 1.165) is 22.7 Å². The summed E-state index contributed by atoms with van der Waals surface area (Å²) in [7, 11) is 0. The van der Waals surface area contributed by atoms with E-state index in [1.807, 2.05) is 4.90 Å². The van der Waals surface area contributed by atoms with E-state index in [-0.39, 0.29) is 22.3 Å². The fourth-order valence-corrected chi connectivity index (χ4v) is 6.84. The zero-order chi connectivity index (χ0) is 22.8. The summed E-state index contributed by atoms with van der Waals surface area (Å²) in [5, 5.41) is 3.94. The number of nitrogens with zero attached hydrogens (tertiary/aromatic N) is 3. The minimum atomic E-state index is -0.341. The molecule has 5 atom stereocenters. The first-order valence-electron chi connectivity index (χ1n) is 10.9. The second kappa shape index (κ2) is 6.79. The molecule has 3 heterocycles. The van der Waals surface area contributed by atoms with Gasteiger partial charge < -0.3 is 10.2 Å². The average Bonchev–Trinajstić information content (AvgIpc) is 3.34. The van der Waals surface area contributed by atoms with Gasteiger partial charge in [-0.05, 0) is 35.2 Å². The number of nitrogens with one attached hydrogen (secondary N) is 1. The molecule has 5 unspecified atom stereocenters. The second-order valence-electron chi connectivity index (χ2n) is 9.18. The van der Waals surface area contributed by atoms with E-state index in [4.69, 9.17) is 46.4 Å². The Morgan fingerprint density at radius 2 is 1.85 bits per heavy atom. The van der Waals surface area contributed by atoms with Crippen LogP contribution < -0.4 is 5.32 Å². The molecule has 2 aliphatic heterocycles. The monoisotopic (exact) mass is 514 g/mol. The molecule has 0 amide bonds. The normalized spacial score (nSPS) is 33.1. The third-order valence-electron chi connectivity index (χ3n) is 7.53. The van der Waals surface area contributed by atoms with Crippen molar-refractivity contribution in [1.29, 1.82) is 0 Å². The highest BCUT2D eigenvalue weighted by Gasteiger charge is 2.57. The molecule has 33 heavy (non-hydrogen) atoms. The van der Waals surface area contributed by atoms with Gasteiger partial charge in [0, 0.05) is 35.0 Å². The van der Waals surface area contributed by atoms with Gasteiger partial charge in [-0.1, -0.05) is 83.3 Å². The van der Waals surface area contributed by atoms with Crippen molar-refractivity contribution in [3.63, 3.8) is 0 Å². The zero-order valence-electron chi connectivity index (χ0n) is 17.7. The summed E-state index contributed by atoms with van der Waals surface area (Å²) in [6.07, 6.45) is 11.0. The van der Waals surface area contributed by atoms with Crippen molar-refractivity contribution in [1.82, 2.24) is 20.2 Å². The maximum absolute atomic E-state index is 6.56. The van der Waals surface area contributed by atoms with Crippen molar-refractivity contribution in [3.8, 4) is 0 Å². The van der Waals surface area contributed by atoms with E-state index in [2.05, 4.69) is 59.5 Å². The molecule has 166 valence electrons. The largest absolute Gasteiger partial charge is 0.351 e. The first-order chi connectivity index (χ1) is 15.9. The number of allylic oxidation sites excluding steroid dienone is 11. The third kappa shape index (κ3) is 2.72. The zero-order valence-corrected chi connectivity index (χ0v) is 20.7. The summed E-state index contributed by atoms with van der Waals surface area (Å²) >= 11 is 25.7. The smallest absolute Gasteiger partial charge is 0.224 e. The second-order valence-corrected chi connectivity index (χ2v) is 10.7. The van der Waals surface area contributed by atoms with Crippen molar-refractivity contribution in [2.45, 2.75) is 25.0 Å². The molecule has 1 saturated heterocycles. The Morgan fingerprint density at radius 3 is 2.45 bits per heavy atom. The Labute approximate surface area is 211 Å². The minimum Gasteiger partial charge on any atom is -0.351 e. The van der Waals surface area contributed by atoms with Gasteiger partial charge in [-0.25, -0.2) is 9.97 Å². The molecule has 0 spiro atoms. The predicted octanol–water partition coefficient (Wildman–Crippen LogP) is 6.33. The van der Waals surface area contributed by atoms with Crippen molar-refractivity contribution >= 4 is 52.0 Å². The summed E-state index contributed by atoms with van der Waals surface area (Å²) in [5.41, 5.74) is 11.1. The van der Waals surface area contributed by atoms with Crippen LogP contribution in [0.15, 0.2) is 81.3 Å². The molecule has 1 saturated carbocycles. The van der Waals surface area contributed by atoms with E-state index in [0.29, 0.717) is 17.0 Å². The first kappa shape index (κ1) is 20.4. The Hall–Kier alpha value is -1.98. The molecular formula is C25H18Cl4N4. The molecule has 0 radical (unpaired) electrons. The van der Waals surface area contributed by atoms with Crippen molar-refractivity contribution < 1.29 is 0 Å². The molecule has 8 heteroatoms. The van der Waals surface area contributed by atoms with Crippen LogP contribution in [0.4, 0.5) is 0 Å². The molecule has 6 aliphatic rings. The number of rotatable bonds is 4. The molecule has 0 aromatic carbocycles. The molecule has 2 fully saturated rings. The van der Waals surface area contributed by atoms with Gasteiger partial charge in [-0.15, -0.1) is 0 Å². The lowest BCUT2D eigenvalue weighted by Crippen LogP contribution is -2.30. The van der Waals surface area contributed by atoms with E-state index in [9.17, 15) is 0 Å². The van der Waals surface area contributed by atoms with E-state index >= 15 is 0 Å². The van der Waals surface area contributed by atoms with Crippen LogP contribution in [-0.4, -0.2) is 26.0 Å². The number of hydrogen-bond acceptors (Lipinski definition) is 4. The molecular weight excluding hydrogens is 498 g/mol. The molecule has 1 N–H and O–H groups in total. The first-order valence-corrected chi connectivity index (χ1v) is 12.5. The van der Waals surface area contributed by atoms with Gasteiger partial charge in [-0.3, -0.25) is 0 Å². The molecule has 7 rings (SSSR count). The van der Waals surface area contributed by atoms with Crippen LogP contribution in [0.25, 0.3) is 5.57 Å². The lowest BCUT2D eigenvalue weighted by Gasteiger charge is -2.35. The van der Waals surface area contributed by atoms with E-state index < -0.39 is 0 Å². The Balaban J connectivity index is 1.45. The lowest BCUT2D eigenvalue weighted by molar-refractivity contribution is 0.504. The van der Waals surface area contributed by atoms with Crippen molar-refractivity contribution in [3.05, 3.63) is 97.4 Å². The molecule has 1 aromatic rings. The van der Waals surface area contributed by atoms with Gasteiger partial charge in [-0.2, -0.15) is 0 Å². The van der Waals surface area contributed by atoms with E-state index in [1.54, 1.807) is 6.07 Å². The van der Waals surface area contributed by atoms with Crippen LogP contribution in [0, 0.1) is 17.8 Å². The maximum Gasteiger partial charge on any atom is 0.224 e. The van der Waals surface area contributed by atoms with Gasteiger partial charge in [0.25, 0.3) is 0 Å². The standard InChI is InChI=1S/C25H18Cl4N4/c1-9-6-7-11(10(9)2)17-18(14-8-15(26)31-24(28)30-14)19(16-12-4-3-5-13(12)16)20(17)21-22-23(27)33(22)25(29)32-21/h3-8,10,12,16,23,25,32H,1-2H3. The summed E-state index contributed by atoms with van der Waals surface area (Å²) in [5.74, 6) is 1.03. The van der Waals surface area contributed by atoms with Gasteiger partial charge in [0.1, 0.15) is 10.7 Å². The van der Waals surface area contributed by atoms with Crippen LogP contribution in [0.3, 0.4) is 0 Å². The number of hydrogen-bond donors (Lipinski definition) is 1. The molecule has 4 aliphatic carbocycles. The minimum absolute atomic E-state index is 0.144. The van der Waals surface area contributed by atoms with Gasteiger partial charge in [0.15, 0.2) is 5.62 Å². The Kier molecular flexibility index (Phi) is 4.20. The quantitative estimate of drug-likeness (QED) is 0.167. The highest BCUT2D eigenvalue weighted by atomic mass is 35.5. The topological polar surface area (TPSA) is 40.8 Å². The van der Waals surface area contributed by atoms with Crippen molar-refractivity contribution in [2.75, 3.05) is 0 Å². The highest BCUT2D eigenvalue weighted by Crippen LogP contribution is 2.65. The maximum atomic E-state index is 6.56. The fraction of sp³-hybridized carbons (Fsp3) is 0.280. The molecule has 0 bridgehead atoms. The van der Waals surface area contributed by atoms with Crippen LogP contribution in [0.2, 0.25) is 10.4 Å². The summed E-state index contributed by atoms with van der Waals surface area (Å²) < 4.78 is 0. The van der Waals surface area contributed by atoms with Crippen LogP contribution in [-0.2, 0) is 0 Å². The molecule has 4 nitrogen and oxygen atoms in total. The number of halogens is 4. The lowest BCUT2D eigenvalue weighted by atomic mass is 9.69. The summed E-state index contributed by atoms with van der Waals surface area (Å²) in [4.78, 5) is 10.7. The third-order valence-corrected chi connectivity index (χ3v) is 8.63. The SMILES string of the molecule is CC1=CC=C(C2=C(C3=C4C(Cl)N4C(Cl)N3)C(C3C4=CC=CC43)=C2c2cc(Cl)nc(Cl)n2)C1C. The van der Waals surface area contributed by atoms with Crippen LogP contribution in [0.5, 0.6) is 0 Å². The van der Waals surface area contributed by atoms with E-state index in [1.165, 1.54) is 33.4 Å². The highest BCUT2D eigenvalue weighted by molar-refractivity contribution is 6.32. The number of aromatic nitrogens is 2. The number of alkyl halides is 2. The number of fused-ring (bicyclic) bond motifs is 2. The fourth-order valence-electron chi connectivity index (χ4n) is 5.66. The summed E-state index contributed by atoms with van der Waals surface area (Å²) in [6.45, 7) is 4.40. The predicted molar refractivity (Wildman–Crippen MR) is 132 cm³/mol. The Morgan fingerprint density at radius 1 is 1.03 bits per heavy atom. The molecule has 1 aromatic heterocycles. The van der Waals surface area contributed by atoms with Crippen LogP contribution >= 0.6 is 46.4 Å². The van der Waals surface area contributed by atoms with Gasteiger partial charge in [0.05, 0.1) is 17.1 Å². The Bertz CT molecular complexity index is 1370. The summed E-state index contributed by atoms with van der Waals surface area (Å²) in [6, 6.07) is 1.81. The van der Waals surface area contributed by atoms with Gasteiger partial charge in [0.2, 0.25) is 5.28 Å². The van der Waals surface area contributed by atoms with Crippen molar-refractivity contribution in [2.24, 2.45) is 17.8 Å².